The number of methoxy groups -OCH3 is 1. The Hall–Kier alpha value is -3.30. The number of halogens is 1. The van der Waals surface area contributed by atoms with Crippen molar-refractivity contribution in [2.24, 2.45) is 17.3 Å². The van der Waals surface area contributed by atoms with E-state index in [0.29, 0.717) is 24.9 Å². The first kappa shape index (κ1) is 26.9. The van der Waals surface area contributed by atoms with Crippen LogP contribution in [0.3, 0.4) is 0 Å². The molecule has 0 bridgehead atoms. The first-order valence-corrected chi connectivity index (χ1v) is 15.4. The Morgan fingerprint density at radius 2 is 1.90 bits per heavy atom. The van der Waals surface area contributed by atoms with E-state index in [2.05, 4.69) is 18.1 Å². The minimum absolute atomic E-state index is 0.0104. The second kappa shape index (κ2) is 10.3. The fraction of sp³-hybridized carbons (Fsp3) is 0.419. The van der Waals surface area contributed by atoms with Gasteiger partial charge in [0.25, 0.3) is 0 Å². The van der Waals surface area contributed by atoms with Crippen LogP contribution in [0.5, 0.6) is 0 Å². The highest BCUT2D eigenvalue weighted by Gasteiger charge is 2.46. The van der Waals surface area contributed by atoms with Gasteiger partial charge < -0.3 is 4.74 Å². The monoisotopic (exact) mass is 563 g/mol. The zero-order chi connectivity index (χ0) is 28.1. The molecule has 1 aromatic heterocycles. The predicted molar refractivity (Wildman–Crippen MR) is 150 cm³/mol. The van der Waals surface area contributed by atoms with Gasteiger partial charge in [-0.05, 0) is 104 Å². The standard InChI is InChI=1S/C31H34FN3O4S/c1-31-18-22-19-33-35(26-13-11-25(32)12-14-26)28(22)17-24(31)10-9-23(31)15-16-34(20-21-7-8-21)40(37,38)29-6-4-3-5-27(29)30(36)39-2/h3-6,11-14,17,19,21,23H,7-10,15-16,18,20H2,1-2H3/t23-,31-/m1/s1. The summed E-state index contributed by atoms with van der Waals surface area (Å²) in [5.74, 6) is -0.248. The lowest BCUT2D eigenvalue weighted by molar-refractivity contribution is 0.0596. The van der Waals surface area contributed by atoms with Gasteiger partial charge in [-0.25, -0.2) is 22.3 Å². The van der Waals surface area contributed by atoms with Crippen LogP contribution < -0.4 is 0 Å². The van der Waals surface area contributed by atoms with Gasteiger partial charge >= 0.3 is 5.97 Å². The third-order valence-corrected chi connectivity index (χ3v) is 10.9. The Morgan fingerprint density at radius 1 is 1.15 bits per heavy atom. The summed E-state index contributed by atoms with van der Waals surface area (Å²) in [7, 11) is -2.62. The molecule has 3 aromatic rings. The number of allylic oxidation sites excluding steroid dienone is 1. The molecule has 40 heavy (non-hydrogen) atoms. The van der Waals surface area contributed by atoms with Crippen LogP contribution in [0.4, 0.5) is 4.39 Å². The van der Waals surface area contributed by atoms with E-state index in [-0.39, 0.29) is 21.7 Å². The maximum absolute atomic E-state index is 13.9. The molecule has 2 aromatic carbocycles. The average molecular weight is 564 g/mol. The molecular weight excluding hydrogens is 529 g/mol. The lowest BCUT2D eigenvalue weighted by atomic mass is 9.69. The van der Waals surface area contributed by atoms with E-state index < -0.39 is 16.0 Å². The number of hydrogen-bond acceptors (Lipinski definition) is 5. The Kier molecular flexibility index (Phi) is 6.91. The normalized spacial score (nSPS) is 22.1. The molecule has 0 unspecified atom stereocenters. The van der Waals surface area contributed by atoms with Gasteiger partial charge in [0, 0.05) is 13.1 Å². The number of fused-ring (bicyclic) bond motifs is 2. The summed E-state index contributed by atoms with van der Waals surface area (Å²) in [6.07, 6.45) is 9.71. The molecule has 3 aliphatic carbocycles. The van der Waals surface area contributed by atoms with Crippen molar-refractivity contribution in [3.05, 3.63) is 82.9 Å². The molecule has 3 aliphatic rings. The zero-order valence-corrected chi connectivity index (χ0v) is 23.7. The fourth-order valence-corrected chi connectivity index (χ4v) is 8.20. The van der Waals surface area contributed by atoms with Crippen molar-refractivity contribution in [1.82, 2.24) is 14.1 Å². The molecule has 9 heteroatoms. The van der Waals surface area contributed by atoms with Gasteiger partial charge in [0.1, 0.15) is 5.82 Å². The van der Waals surface area contributed by atoms with Crippen LogP contribution in [-0.2, 0) is 21.2 Å². The maximum atomic E-state index is 13.9. The molecule has 0 N–H and O–H groups in total. The number of carbonyl (C=O) groups excluding carboxylic acids is 1. The number of hydrogen-bond donors (Lipinski definition) is 0. The molecule has 7 nitrogen and oxygen atoms in total. The molecule has 0 saturated heterocycles. The van der Waals surface area contributed by atoms with Crippen molar-refractivity contribution in [1.29, 1.82) is 0 Å². The number of benzene rings is 2. The fourth-order valence-electron chi connectivity index (χ4n) is 6.49. The van der Waals surface area contributed by atoms with Gasteiger partial charge in [-0.3, -0.25) is 0 Å². The van der Waals surface area contributed by atoms with E-state index in [1.165, 1.54) is 36.9 Å². The first-order valence-electron chi connectivity index (χ1n) is 13.9. The van der Waals surface area contributed by atoms with Crippen molar-refractivity contribution in [2.75, 3.05) is 20.2 Å². The highest BCUT2D eigenvalue weighted by atomic mass is 32.2. The van der Waals surface area contributed by atoms with Gasteiger partial charge in [0.05, 0.1) is 35.1 Å². The van der Waals surface area contributed by atoms with Crippen molar-refractivity contribution in [2.45, 2.75) is 50.3 Å². The summed E-state index contributed by atoms with van der Waals surface area (Å²) in [4.78, 5) is 12.4. The average Bonchev–Trinajstić information content (AvgIpc) is 3.61. The van der Waals surface area contributed by atoms with Gasteiger partial charge in [-0.15, -0.1) is 0 Å². The van der Waals surface area contributed by atoms with Crippen LogP contribution in [0.2, 0.25) is 0 Å². The highest BCUT2D eigenvalue weighted by Crippen LogP contribution is 2.54. The van der Waals surface area contributed by atoms with Gasteiger partial charge in [-0.1, -0.05) is 24.6 Å². The van der Waals surface area contributed by atoms with Crippen LogP contribution in [0.15, 0.2) is 65.2 Å². The molecule has 0 spiro atoms. The summed E-state index contributed by atoms with van der Waals surface area (Å²) in [6.45, 7) is 3.17. The molecule has 1 heterocycles. The van der Waals surface area contributed by atoms with E-state index in [1.807, 2.05) is 10.9 Å². The van der Waals surface area contributed by atoms with Crippen LogP contribution in [0.1, 0.15) is 60.6 Å². The molecule has 0 amide bonds. The van der Waals surface area contributed by atoms with E-state index in [1.54, 1.807) is 28.6 Å². The molecule has 210 valence electrons. The van der Waals surface area contributed by atoms with Crippen LogP contribution in [-0.4, -0.2) is 48.7 Å². The number of carbonyl (C=O) groups is 1. The molecule has 2 fully saturated rings. The van der Waals surface area contributed by atoms with Gasteiger partial charge in [0.2, 0.25) is 10.0 Å². The topological polar surface area (TPSA) is 81.5 Å². The summed E-state index contributed by atoms with van der Waals surface area (Å²) in [5.41, 5.74) is 4.37. The smallest absolute Gasteiger partial charge is 0.339 e. The summed E-state index contributed by atoms with van der Waals surface area (Å²) < 4.78 is 49.6. The van der Waals surface area contributed by atoms with Crippen molar-refractivity contribution < 1.29 is 22.3 Å². The van der Waals surface area contributed by atoms with Crippen molar-refractivity contribution in [3.63, 3.8) is 0 Å². The summed E-state index contributed by atoms with van der Waals surface area (Å²) in [5, 5.41) is 4.61. The number of rotatable bonds is 9. The van der Waals surface area contributed by atoms with E-state index >= 15 is 0 Å². The van der Waals surface area contributed by atoms with E-state index in [4.69, 9.17) is 4.74 Å². The van der Waals surface area contributed by atoms with Crippen LogP contribution in [0.25, 0.3) is 11.8 Å². The number of nitrogens with zero attached hydrogens (tertiary/aromatic N) is 3. The molecule has 0 aliphatic heterocycles. The van der Waals surface area contributed by atoms with Gasteiger partial charge in [-0.2, -0.15) is 9.40 Å². The van der Waals surface area contributed by atoms with Gasteiger partial charge in [0.15, 0.2) is 0 Å². The summed E-state index contributed by atoms with van der Waals surface area (Å²) >= 11 is 0. The van der Waals surface area contributed by atoms with Crippen molar-refractivity contribution in [3.8, 4) is 5.69 Å². The molecule has 0 radical (unpaired) electrons. The Balaban J connectivity index is 1.24. The van der Waals surface area contributed by atoms with Crippen LogP contribution >= 0.6 is 0 Å². The lowest BCUT2D eigenvalue weighted by Gasteiger charge is -2.37. The summed E-state index contributed by atoms with van der Waals surface area (Å²) in [6, 6.07) is 12.7. The maximum Gasteiger partial charge on any atom is 0.339 e. The minimum atomic E-state index is -3.88. The van der Waals surface area contributed by atoms with E-state index in [0.717, 1.165) is 55.5 Å². The Labute approximate surface area is 234 Å². The third-order valence-electron chi connectivity index (χ3n) is 9.02. The van der Waals surface area contributed by atoms with E-state index in [9.17, 15) is 17.6 Å². The number of esters is 1. The largest absolute Gasteiger partial charge is 0.465 e. The first-order chi connectivity index (χ1) is 19.2. The quantitative estimate of drug-likeness (QED) is 0.315. The number of aromatic nitrogens is 2. The predicted octanol–water partition coefficient (Wildman–Crippen LogP) is 5.64. The number of sulfonamides is 1. The second-order valence-electron chi connectivity index (χ2n) is 11.5. The zero-order valence-electron chi connectivity index (χ0n) is 22.8. The highest BCUT2D eigenvalue weighted by molar-refractivity contribution is 7.89. The van der Waals surface area contributed by atoms with Crippen molar-refractivity contribution >= 4 is 22.1 Å². The molecule has 2 saturated carbocycles. The van der Waals surface area contributed by atoms with Crippen LogP contribution in [0, 0.1) is 23.1 Å². The molecule has 2 atom stereocenters. The second-order valence-corrected chi connectivity index (χ2v) is 13.4. The minimum Gasteiger partial charge on any atom is -0.465 e. The molecular formula is C31H34FN3O4S. The lowest BCUT2D eigenvalue weighted by Crippen LogP contribution is -2.37. The SMILES string of the molecule is COC(=O)c1ccccc1S(=O)(=O)N(CC[C@H]1CCC2=Cc3c(cnn3-c3ccc(F)cc3)C[C@@]21C)CC1CC1. The Bertz CT molecular complexity index is 1580. The molecule has 6 rings (SSSR count). The Morgan fingerprint density at radius 3 is 2.62 bits per heavy atom. The third kappa shape index (κ3) is 4.79. The number of ether oxygens (including phenoxy) is 1.